The predicted molar refractivity (Wildman–Crippen MR) is 66.9 cm³/mol. The number of hydrogen-bond donors (Lipinski definition) is 1. The Morgan fingerprint density at radius 3 is 3.06 bits per heavy atom. The topological polar surface area (TPSA) is 42.2 Å². The third kappa shape index (κ3) is 2.17. The summed E-state index contributed by atoms with van der Waals surface area (Å²) in [4.78, 5) is 0. The van der Waals surface area contributed by atoms with E-state index in [1.165, 1.54) is 12.8 Å². The van der Waals surface area contributed by atoms with E-state index in [2.05, 4.69) is 26.8 Å². The Labute approximate surface area is 101 Å². The summed E-state index contributed by atoms with van der Waals surface area (Å²) >= 11 is 0. The van der Waals surface area contributed by atoms with Crippen molar-refractivity contribution in [2.45, 2.75) is 32.2 Å². The van der Waals surface area contributed by atoms with Crippen LogP contribution in [0.1, 0.15) is 25.6 Å². The van der Waals surface area contributed by atoms with E-state index >= 15 is 0 Å². The third-order valence-electron chi connectivity index (χ3n) is 3.54. The van der Waals surface area contributed by atoms with Crippen molar-refractivity contribution in [3.63, 3.8) is 0 Å². The highest BCUT2D eigenvalue weighted by molar-refractivity contribution is 5.36. The van der Waals surface area contributed by atoms with Crippen LogP contribution in [0.5, 0.6) is 0 Å². The molecular formula is C13H18N4. The first-order chi connectivity index (χ1) is 8.33. The molecule has 1 aliphatic carbocycles. The lowest BCUT2D eigenvalue weighted by atomic mass is 9.82. The van der Waals surface area contributed by atoms with Gasteiger partial charge in [0.05, 0.1) is 0 Å². The van der Waals surface area contributed by atoms with Crippen molar-refractivity contribution in [2.24, 2.45) is 5.92 Å². The molecule has 0 aliphatic heterocycles. The molecule has 2 aromatic heterocycles. The Bertz CT molecular complexity index is 499. The van der Waals surface area contributed by atoms with Gasteiger partial charge in [0.1, 0.15) is 5.82 Å². The van der Waals surface area contributed by atoms with Crippen molar-refractivity contribution in [1.29, 1.82) is 0 Å². The molecule has 0 spiro atoms. The van der Waals surface area contributed by atoms with Crippen LogP contribution < -0.4 is 5.32 Å². The van der Waals surface area contributed by atoms with Crippen LogP contribution in [0.25, 0.3) is 5.65 Å². The van der Waals surface area contributed by atoms with Crippen molar-refractivity contribution in [2.75, 3.05) is 6.54 Å². The number of pyridine rings is 1. The van der Waals surface area contributed by atoms with Gasteiger partial charge in [-0.2, -0.15) is 0 Å². The second-order valence-corrected chi connectivity index (χ2v) is 5.02. The van der Waals surface area contributed by atoms with E-state index < -0.39 is 0 Å². The van der Waals surface area contributed by atoms with Gasteiger partial charge < -0.3 is 5.32 Å². The van der Waals surface area contributed by atoms with Crippen molar-refractivity contribution < 1.29 is 0 Å². The van der Waals surface area contributed by atoms with E-state index in [0.29, 0.717) is 0 Å². The van der Waals surface area contributed by atoms with E-state index in [4.69, 9.17) is 0 Å². The van der Waals surface area contributed by atoms with Crippen LogP contribution in [0.4, 0.5) is 0 Å². The smallest absolute Gasteiger partial charge is 0.160 e. The Hall–Kier alpha value is -1.42. The summed E-state index contributed by atoms with van der Waals surface area (Å²) in [5.41, 5.74) is 0.930. The first-order valence-electron chi connectivity index (χ1n) is 6.35. The standard InChI is InChI=1S/C13H18N4/c1-10-8-11(9-10)14-6-5-13-16-15-12-4-2-3-7-17(12)13/h2-4,7,10-11,14H,5-6,8-9H2,1H3. The minimum atomic E-state index is 0.726. The maximum Gasteiger partial charge on any atom is 0.160 e. The first kappa shape index (κ1) is 10.7. The molecule has 1 fully saturated rings. The zero-order chi connectivity index (χ0) is 11.7. The minimum Gasteiger partial charge on any atom is -0.314 e. The lowest BCUT2D eigenvalue weighted by Crippen LogP contribution is -2.41. The molecule has 4 heteroatoms. The number of hydrogen-bond acceptors (Lipinski definition) is 3. The van der Waals surface area contributed by atoms with Crippen LogP contribution in [0.2, 0.25) is 0 Å². The van der Waals surface area contributed by atoms with Crippen LogP contribution >= 0.6 is 0 Å². The van der Waals surface area contributed by atoms with Gasteiger partial charge in [0.25, 0.3) is 0 Å². The molecule has 90 valence electrons. The second-order valence-electron chi connectivity index (χ2n) is 5.02. The highest BCUT2D eigenvalue weighted by atomic mass is 15.2. The van der Waals surface area contributed by atoms with E-state index in [-0.39, 0.29) is 0 Å². The molecule has 1 saturated carbocycles. The van der Waals surface area contributed by atoms with Crippen molar-refractivity contribution in [1.82, 2.24) is 19.9 Å². The highest BCUT2D eigenvalue weighted by Gasteiger charge is 2.24. The Balaban J connectivity index is 1.58. The molecule has 3 rings (SSSR count). The summed E-state index contributed by atoms with van der Waals surface area (Å²) in [6, 6.07) is 6.71. The Morgan fingerprint density at radius 2 is 2.24 bits per heavy atom. The van der Waals surface area contributed by atoms with Gasteiger partial charge in [-0.3, -0.25) is 4.40 Å². The molecule has 2 aromatic rings. The first-order valence-corrected chi connectivity index (χ1v) is 6.35. The summed E-state index contributed by atoms with van der Waals surface area (Å²) in [6.45, 7) is 3.30. The SMILES string of the molecule is CC1CC(NCCc2nnc3ccccn23)C1. The fourth-order valence-electron chi connectivity index (χ4n) is 2.52. The lowest BCUT2D eigenvalue weighted by molar-refractivity contribution is 0.243. The summed E-state index contributed by atoms with van der Waals surface area (Å²) in [7, 11) is 0. The average molecular weight is 230 g/mol. The average Bonchev–Trinajstić information content (AvgIpc) is 2.70. The molecule has 0 saturated heterocycles. The molecule has 0 aromatic carbocycles. The minimum absolute atomic E-state index is 0.726. The third-order valence-corrected chi connectivity index (χ3v) is 3.54. The Morgan fingerprint density at radius 1 is 1.35 bits per heavy atom. The van der Waals surface area contributed by atoms with Gasteiger partial charge in [0.15, 0.2) is 5.65 Å². The van der Waals surface area contributed by atoms with Crippen LogP contribution in [-0.2, 0) is 6.42 Å². The summed E-state index contributed by atoms with van der Waals surface area (Å²) in [5.74, 6) is 1.95. The van der Waals surface area contributed by atoms with Crippen LogP contribution in [-0.4, -0.2) is 27.2 Å². The summed E-state index contributed by atoms with van der Waals surface area (Å²) in [5, 5.41) is 11.9. The van der Waals surface area contributed by atoms with Gasteiger partial charge in [-0.05, 0) is 30.9 Å². The van der Waals surface area contributed by atoms with Gasteiger partial charge in [-0.15, -0.1) is 10.2 Å². The number of rotatable bonds is 4. The van der Waals surface area contributed by atoms with Crippen LogP contribution in [0.3, 0.4) is 0 Å². The molecule has 0 atom stereocenters. The molecule has 17 heavy (non-hydrogen) atoms. The molecule has 1 aliphatic rings. The summed E-state index contributed by atoms with van der Waals surface area (Å²) in [6.07, 6.45) is 5.60. The highest BCUT2D eigenvalue weighted by Crippen LogP contribution is 2.25. The maximum absolute atomic E-state index is 4.22. The van der Waals surface area contributed by atoms with E-state index in [1.807, 2.05) is 24.4 Å². The van der Waals surface area contributed by atoms with E-state index in [9.17, 15) is 0 Å². The summed E-state index contributed by atoms with van der Waals surface area (Å²) < 4.78 is 2.06. The van der Waals surface area contributed by atoms with Crippen LogP contribution in [0.15, 0.2) is 24.4 Å². The molecule has 0 radical (unpaired) electrons. The lowest BCUT2D eigenvalue weighted by Gasteiger charge is -2.33. The molecular weight excluding hydrogens is 212 g/mol. The quantitative estimate of drug-likeness (QED) is 0.868. The maximum atomic E-state index is 4.22. The molecule has 4 nitrogen and oxygen atoms in total. The number of aromatic nitrogens is 3. The molecule has 0 amide bonds. The number of nitrogens with one attached hydrogen (secondary N) is 1. The molecule has 1 N–H and O–H groups in total. The molecule has 0 bridgehead atoms. The monoisotopic (exact) mass is 230 g/mol. The predicted octanol–water partition coefficient (Wildman–Crippen LogP) is 1.66. The normalized spacial score (nSPS) is 23.8. The zero-order valence-electron chi connectivity index (χ0n) is 10.1. The van der Waals surface area contributed by atoms with Gasteiger partial charge >= 0.3 is 0 Å². The van der Waals surface area contributed by atoms with E-state index in [1.54, 1.807) is 0 Å². The molecule has 2 heterocycles. The largest absolute Gasteiger partial charge is 0.314 e. The van der Waals surface area contributed by atoms with Crippen molar-refractivity contribution in [3.8, 4) is 0 Å². The van der Waals surface area contributed by atoms with Gasteiger partial charge in [-0.1, -0.05) is 13.0 Å². The molecule has 0 unspecified atom stereocenters. The van der Waals surface area contributed by atoms with Gasteiger partial charge in [0, 0.05) is 25.2 Å². The van der Waals surface area contributed by atoms with Crippen molar-refractivity contribution >= 4 is 5.65 Å². The number of nitrogens with zero attached hydrogens (tertiary/aromatic N) is 3. The van der Waals surface area contributed by atoms with E-state index in [0.717, 1.165) is 36.4 Å². The van der Waals surface area contributed by atoms with Gasteiger partial charge in [0.2, 0.25) is 0 Å². The van der Waals surface area contributed by atoms with Gasteiger partial charge in [-0.25, -0.2) is 0 Å². The number of fused-ring (bicyclic) bond motifs is 1. The zero-order valence-corrected chi connectivity index (χ0v) is 10.1. The fraction of sp³-hybridized carbons (Fsp3) is 0.538. The van der Waals surface area contributed by atoms with Crippen molar-refractivity contribution in [3.05, 3.63) is 30.2 Å². The Kier molecular flexibility index (Phi) is 2.81. The van der Waals surface area contributed by atoms with Crippen LogP contribution in [0, 0.1) is 5.92 Å². The second kappa shape index (κ2) is 4.45. The fourth-order valence-corrected chi connectivity index (χ4v) is 2.52.